The van der Waals surface area contributed by atoms with Gasteiger partial charge in [0.15, 0.2) is 23.2 Å². The number of nitriles is 1. The first kappa shape index (κ1) is 9.39. The molecule has 0 saturated carbocycles. The van der Waals surface area contributed by atoms with Crippen molar-refractivity contribution in [2.24, 2.45) is 0 Å². The number of halogens is 3. The van der Waals surface area contributed by atoms with Gasteiger partial charge >= 0.3 is 0 Å². The minimum atomic E-state index is -1.43. The van der Waals surface area contributed by atoms with E-state index >= 15 is 0 Å². The molecule has 68 valence electrons. The summed E-state index contributed by atoms with van der Waals surface area (Å²) in [6, 6.07) is 1.79. The van der Waals surface area contributed by atoms with Crippen molar-refractivity contribution in [3.8, 4) is 11.8 Å². The molecule has 5 heteroatoms. The molecule has 0 saturated heterocycles. The van der Waals surface area contributed by atoms with E-state index in [-0.39, 0.29) is 0 Å². The van der Waals surface area contributed by atoms with E-state index in [9.17, 15) is 13.2 Å². The molecular formula is C8H4F3NO. The van der Waals surface area contributed by atoms with Crippen LogP contribution in [0.3, 0.4) is 0 Å². The molecule has 0 spiro atoms. The summed E-state index contributed by atoms with van der Waals surface area (Å²) < 4.78 is 38.1. The number of rotatable bonds is 1. The van der Waals surface area contributed by atoms with Crippen LogP contribution >= 0.6 is 0 Å². The van der Waals surface area contributed by atoms with Gasteiger partial charge in [-0.25, -0.2) is 13.2 Å². The Bertz CT molecular complexity index is 358. The van der Waals surface area contributed by atoms with Crippen LogP contribution in [0.5, 0.6) is 5.75 Å². The lowest BCUT2D eigenvalue weighted by Gasteiger charge is -2.03. The van der Waals surface area contributed by atoms with Gasteiger partial charge in [0.25, 0.3) is 0 Å². The summed E-state index contributed by atoms with van der Waals surface area (Å²) in [5.74, 6) is -5.09. The molecule has 0 aliphatic carbocycles. The highest BCUT2D eigenvalue weighted by molar-refractivity contribution is 5.33. The van der Waals surface area contributed by atoms with Gasteiger partial charge in [-0.15, -0.1) is 0 Å². The predicted molar refractivity (Wildman–Crippen MR) is 37.3 cm³/mol. The minimum Gasteiger partial charge on any atom is -0.505 e. The van der Waals surface area contributed by atoms with Crippen LogP contribution in [0.4, 0.5) is 13.2 Å². The second-order valence-electron chi connectivity index (χ2n) is 2.32. The molecule has 1 aromatic carbocycles. The van der Waals surface area contributed by atoms with Crippen molar-refractivity contribution < 1.29 is 18.3 Å². The fourth-order valence-corrected chi connectivity index (χ4v) is 0.876. The van der Waals surface area contributed by atoms with Crippen LogP contribution in [0.1, 0.15) is 5.56 Å². The Morgan fingerprint density at radius 1 is 1.31 bits per heavy atom. The Morgan fingerprint density at radius 2 is 1.92 bits per heavy atom. The summed E-state index contributed by atoms with van der Waals surface area (Å²) in [4.78, 5) is 0. The number of hydrogen-bond acceptors (Lipinski definition) is 2. The standard InChI is InChI=1S/C8H4F3NO/c9-5-3-6(13)8(11)4(1-2-12)7(5)10/h3,13H,1H2. The molecule has 0 radical (unpaired) electrons. The highest BCUT2D eigenvalue weighted by Gasteiger charge is 2.17. The van der Waals surface area contributed by atoms with Crippen LogP contribution in [0.25, 0.3) is 0 Å². The summed E-state index contributed by atoms with van der Waals surface area (Å²) >= 11 is 0. The fourth-order valence-electron chi connectivity index (χ4n) is 0.876. The molecule has 0 aliphatic heterocycles. The first-order valence-electron chi connectivity index (χ1n) is 3.30. The maximum Gasteiger partial charge on any atom is 0.172 e. The zero-order chi connectivity index (χ0) is 10.0. The van der Waals surface area contributed by atoms with Crippen molar-refractivity contribution in [3.63, 3.8) is 0 Å². The maximum absolute atomic E-state index is 12.8. The molecule has 0 amide bonds. The van der Waals surface area contributed by atoms with Crippen molar-refractivity contribution in [1.82, 2.24) is 0 Å². The Labute approximate surface area is 71.8 Å². The van der Waals surface area contributed by atoms with Crippen LogP contribution in [-0.4, -0.2) is 5.11 Å². The van der Waals surface area contributed by atoms with Crippen molar-refractivity contribution in [3.05, 3.63) is 29.1 Å². The number of benzene rings is 1. The largest absolute Gasteiger partial charge is 0.505 e. The third kappa shape index (κ3) is 1.56. The molecule has 2 nitrogen and oxygen atoms in total. The highest BCUT2D eigenvalue weighted by atomic mass is 19.2. The van der Waals surface area contributed by atoms with Crippen LogP contribution in [0.15, 0.2) is 6.07 Å². The molecule has 0 heterocycles. The van der Waals surface area contributed by atoms with Crippen LogP contribution in [0, 0.1) is 28.8 Å². The summed E-state index contributed by atoms with van der Waals surface area (Å²) in [6.45, 7) is 0. The van der Waals surface area contributed by atoms with Gasteiger partial charge in [0.05, 0.1) is 12.5 Å². The van der Waals surface area contributed by atoms with E-state index in [1.54, 1.807) is 0 Å². The predicted octanol–water partition coefficient (Wildman–Crippen LogP) is 1.88. The fraction of sp³-hybridized carbons (Fsp3) is 0.125. The second-order valence-corrected chi connectivity index (χ2v) is 2.32. The lowest BCUT2D eigenvalue weighted by Crippen LogP contribution is -1.98. The Hall–Kier alpha value is -1.70. The molecule has 0 bridgehead atoms. The van der Waals surface area contributed by atoms with Gasteiger partial charge in [0.2, 0.25) is 0 Å². The molecule has 1 N–H and O–H groups in total. The molecule has 13 heavy (non-hydrogen) atoms. The zero-order valence-corrected chi connectivity index (χ0v) is 6.31. The van der Waals surface area contributed by atoms with Crippen molar-refractivity contribution in [2.45, 2.75) is 6.42 Å². The zero-order valence-electron chi connectivity index (χ0n) is 6.31. The summed E-state index contributed by atoms with van der Waals surface area (Å²) in [7, 11) is 0. The molecule has 0 unspecified atom stereocenters. The maximum atomic E-state index is 12.8. The van der Waals surface area contributed by atoms with Gasteiger partial charge < -0.3 is 5.11 Å². The monoisotopic (exact) mass is 187 g/mol. The molecular weight excluding hydrogens is 183 g/mol. The number of nitrogens with zero attached hydrogens (tertiary/aromatic N) is 1. The van der Waals surface area contributed by atoms with Gasteiger partial charge in [0.1, 0.15) is 0 Å². The Morgan fingerprint density at radius 3 is 2.46 bits per heavy atom. The quantitative estimate of drug-likeness (QED) is 0.682. The second kappa shape index (κ2) is 3.35. The normalized spacial score (nSPS) is 9.69. The van der Waals surface area contributed by atoms with E-state index in [1.807, 2.05) is 0 Å². The van der Waals surface area contributed by atoms with E-state index in [2.05, 4.69) is 0 Å². The average molecular weight is 187 g/mol. The summed E-state index contributed by atoms with van der Waals surface area (Å²) in [6.07, 6.45) is -0.622. The van der Waals surface area contributed by atoms with Crippen molar-refractivity contribution in [1.29, 1.82) is 5.26 Å². The van der Waals surface area contributed by atoms with Gasteiger partial charge in [-0.2, -0.15) is 5.26 Å². The number of hydrogen-bond donors (Lipinski definition) is 1. The van der Waals surface area contributed by atoms with Gasteiger partial charge in [-0.1, -0.05) is 0 Å². The lowest BCUT2D eigenvalue weighted by atomic mass is 10.1. The summed E-state index contributed by atoms with van der Waals surface area (Å²) in [5.41, 5.74) is -0.750. The van der Waals surface area contributed by atoms with E-state index in [0.29, 0.717) is 6.07 Å². The number of phenols is 1. The lowest BCUT2D eigenvalue weighted by molar-refractivity contribution is 0.407. The molecule has 0 aromatic heterocycles. The summed E-state index contributed by atoms with van der Waals surface area (Å²) in [5, 5.41) is 16.9. The Balaban J connectivity index is 3.39. The smallest absolute Gasteiger partial charge is 0.172 e. The molecule has 0 atom stereocenters. The Kier molecular flexibility index (Phi) is 2.42. The van der Waals surface area contributed by atoms with E-state index in [4.69, 9.17) is 10.4 Å². The van der Waals surface area contributed by atoms with Gasteiger partial charge in [-0.05, 0) is 0 Å². The van der Waals surface area contributed by atoms with Crippen LogP contribution in [0.2, 0.25) is 0 Å². The van der Waals surface area contributed by atoms with Crippen LogP contribution < -0.4 is 0 Å². The highest BCUT2D eigenvalue weighted by Crippen LogP contribution is 2.24. The van der Waals surface area contributed by atoms with Crippen molar-refractivity contribution in [2.75, 3.05) is 0 Å². The first-order valence-corrected chi connectivity index (χ1v) is 3.30. The first-order chi connectivity index (χ1) is 6.07. The number of aromatic hydroxyl groups is 1. The third-order valence-electron chi connectivity index (χ3n) is 1.48. The van der Waals surface area contributed by atoms with E-state index < -0.39 is 35.2 Å². The van der Waals surface area contributed by atoms with Gasteiger partial charge in [-0.3, -0.25) is 0 Å². The molecule has 0 fully saturated rings. The van der Waals surface area contributed by atoms with Gasteiger partial charge in [0, 0.05) is 11.6 Å². The number of phenolic OH excluding ortho intramolecular Hbond substituents is 1. The molecule has 0 aliphatic rings. The SMILES string of the molecule is N#CCc1c(F)c(O)cc(F)c1F. The molecule has 1 rings (SSSR count). The third-order valence-corrected chi connectivity index (χ3v) is 1.48. The van der Waals surface area contributed by atoms with Crippen molar-refractivity contribution >= 4 is 0 Å². The average Bonchev–Trinajstić information content (AvgIpc) is 2.09. The van der Waals surface area contributed by atoms with E-state index in [1.165, 1.54) is 6.07 Å². The molecule has 1 aromatic rings. The topological polar surface area (TPSA) is 44.0 Å². The van der Waals surface area contributed by atoms with Crippen LogP contribution in [-0.2, 0) is 6.42 Å². The van der Waals surface area contributed by atoms with E-state index in [0.717, 1.165) is 0 Å². The minimum absolute atomic E-state index is 0.325.